The number of amidine groups is 1. The van der Waals surface area contributed by atoms with Crippen LogP contribution >= 0.6 is 11.6 Å². The maximum atomic E-state index is 10.4. The van der Waals surface area contributed by atoms with Gasteiger partial charge >= 0.3 is 5.97 Å². The molecule has 0 aliphatic heterocycles. The Balaban J connectivity index is 2.42. The van der Waals surface area contributed by atoms with Gasteiger partial charge in [-0.2, -0.15) is 0 Å². The first kappa shape index (κ1) is 12.3. The highest BCUT2D eigenvalue weighted by Crippen LogP contribution is 2.15. The van der Waals surface area contributed by atoms with Gasteiger partial charge in [0, 0.05) is 11.9 Å². The Kier molecular flexibility index (Phi) is 4.60. The maximum Gasteiger partial charge on any atom is 0.332 e. The molecular weight excluding hydrogens is 232 g/mol. The molecule has 0 aliphatic carbocycles. The molecule has 1 aromatic carbocycles. The SMILES string of the molecule is CC(=O)ON=C(N)COc1ccc(Cl)cc1. The predicted molar refractivity (Wildman–Crippen MR) is 60.3 cm³/mol. The molecule has 5 nitrogen and oxygen atoms in total. The lowest BCUT2D eigenvalue weighted by Gasteiger charge is -2.04. The highest BCUT2D eigenvalue weighted by atomic mass is 35.5. The van der Waals surface area contributed by atoms with Crippen LogP contribution in [-0.4, -0.2) is 18.4 Å². The molecule has 0 aromatic heterocycles. The van der Waals surface area contributed by atoms with Crippen molar-refractivity contribution in [1.82, 2.24) is 0 Å². The topological polar surface area (TPSA) is 73.9 Å². The maximum absolute atomic E-state index is 10.4. The van der Waals surface area contributed by atoms with Crippen molar-refractivity contribution >= 4 is 23.4 Å². The van der Waals surface area contributed by atoms with E-state index >= 15 is 0 Å². The number of carbonyl (C=O) groups excluding carboxylic acids is 1. The molecule has 6 heteroatoms. The van der Waals surface area contributed by atoms with Crippen LogP contribution in [0.4, 0.5) is 0 Å². The highest BCUT2D eigenvalue weighted by Gasteiger charge is 1.98. The summed E-state index contributed by atoms with van der Waals surface area (Å²) in [5.41, 5.74) is 5.42. The van der Waals surface area contributed by atoms with Crippen LogP contribution in [0, 0.1) is 0 Å². The third-order valence-corrected chi connectivity index (χ3v) is 1.74. The fourth-order valence-corrected chi connectivity index (χ4v) is 0.963. The zero-order chi connectivity index (χ0) is 12.0. The lowest BCUT2D eigenvalue weighted by molar-refractivity contribution is -0.140. The summed E-state index contributed by atoms with van der Waals surface area (Å²) >= 11 is 5.70. The zero-order valence-electron chi connectivity index (χ0n) is 8.64. The Morgan fingerprint density at radius 1 is 1.44 bits per heavy atom. The standard InChI is InChI=1S/C10H11ClN2O3/c1-7(14)16-13-10(12)6-15-9-4-2-8(11)3-5-9/h2-5H,6H2,1H3,(H2,12,13). The second-order valence-electron chi connectivity index (χ2n) is 2.91. The van der Waals surface area contributed by atoms with Crippen LogP contribution in [-0.2, 0) is 9.63 Å². The number of carbonyl (C=O) groups is 1. The summed E-state index contributed by atoms with van der Waals surface area (Å²) in [5.74, 6) is 0.143. The Bertz CT molecular complexity index is 390. The van der Waals surface area contributed by atoms with E-state index in [2.05, 4.69) is 9.99 Å². The van der Waals surface area contributed by atoms with Crippen LogP contribution in [0.25, 0.3) is 0 Å². The Morgan fingerprint density at radius 3 is 2.62 bits per heavy atom. The van der Waals surface area contributed by atoms with Gasteiger partial charge in [-0.25, -0.2) is 4.79 Å². The van der Waals surface area contributed by atoms with Gasteiger partial charge in [0.15, 0.2) is 5.84 Å². The monoisotopic (exact) mass is 242 g/mol. The van der Waals surface area contributed by atoms with E-state index in [1.807, 2.05) is 0 Å². The summed E-state index contributed by atoms with van der Waals surface area (Å²) in [5, 5.41) is 3.97. The van der Waals surface area contributed by atoms with Crippen molar-refractivity contribution in [1.29, 1.82) is 0 Å². The first-order valence-corrected chi connectivity index (χ1v) is 4.84. The second-order valence-corrected chi connectivity index (χ2v) is 3.34. The molecule has 0 heterocycles. The van der Waals surface area contributed by atoms with Gasteiger partial charge in [0.25, 0.3) is 0 Å². The molecule has 0 radical (unpaired) electrons. The minimum Gasteiger partial charge on any atom is -0.486 e. The molecule has 0 amide bonds. The van der Waals surface area contributed by atoms with Crippen molar-refractivity contribution in [3.63, 3.8) is 0 Å². The number of nitrogens with two attached hydrogens (primary N) is 1. The summed E-state index contributed by atoms with van der Waals surface area (Å²) in [6, 6.07) is 6.77. The van der Waals surface area contributed by atoms with Gasteiger partial charge in [-0.15, -0.1) is 0 Å². The van der Waals surface area contributed by atoms with E-state index in [1.54, 1.807) is 24.3 Å². The van der Waals surface area contributed by atoms with Gasteiger partial charge < -0.3 is 15.3 Å². The van der Waals surface area contributed by atoms with Crippen molar-refractivity contribution < 1.29 is 14.4 Å². The van der Waals surface area contributed by atoms with Crippen LogP contribution in [0.3, 0.4) is 0 Å². The van der Waals surface area contributed by atoms with E-state index in [4.69, 9.17) is 22.1 Å². The normalized spacial score (nSPS) is 11.0. The molecule has 0 saturated carbocycles. The molecule has 0 aliphatic rings. The van der Waals surface area contributed by atoms with Gasteiger partial charge in [0.2, 0.25) is 0 Å². The molecule has 0 atom stereocenters. The minimum absolute atomic E-state index is 0.0366. The average molecular weight is 243 g/mol. The van der Waals surface area contributed by atoms with Gasteiger partial charge in [-0.3, -0.25) is 0 Å². The molecule has 0 unspecified atom stereocenters. The zero-order valence-corrected chi connectivity index (χ0v) is 9.40. The number of ether oxygens (including phenoxy) is 1. The fraction of sp³-hybridized carbons (Fsp3) is 0.200. The van der Waals surface area contributed by atoms with E-state index in [1.165, 1.54) is 6.92 Å². The fourth-order valence-electron chi connectivity index (χ4n) is 0.837. The number of oxime groups is 1. The van der Waals surface area contributed by atoms with Gasteiger partial charge in [-0.05, 0) is 24.3 Å². The van der Waals surface area contributed by atoms with Gasteiger partial charge in [0.1, 0.15) is 12.4 Å². The van der Waals surface area contributed by atoms with Crippen LogP contribution in [0.2, 0.25) is 5.02 Å². The van der Waals surface area contributed by atoms with Crippen molar-refractivity contribution in [2.45, 2.75) is 6.92 Å². The average Bonchev–Trinajstić information content (AvgIpc) is 2.25. The second kappa shape index (κ2) is 5.97. The largest absolute Gasteiger partial charge is 0.486 e. The van der Waals surface area contributed by atoms with E-state index in [-0.39, 0.29) is 12.4 Å². The summed E-state index contributed by atoms with van der Waals surface area (Å²) in [6.07, 6.45) is 0. The lowest BCUT2D eigenvalue weighted by Crippen LogP contribution is -2.21. The molecule has 86 valence electrons. The smallest absolute Gasteiger partial charge is 0.332 e. The number of benzene rings is 1. The third-order valence-electron chi connectivity index (χ3n) is 1.49. The molecular formula is C10H11ClN2O3. The van der Waals surface area contributed by atoms with Crippen molar-refractivity contribution in [2.24, 2.45) is 10.9 Å². The predicted octanol–water partition coefficient (Wildman–Crippen LogP) is 1.55. The van der Waals surface area contributed by atoms with Crippen LogP contribution in [0.5, 0.6) is 5.75 Å². The number of halogens is 1. The number of hydrogen-bond donors (Lipinski definition) is 1. The first-order chi connectivity index (χ1) is 7.58. The highest BCUT2D eigenvalue weighted by molar-refractivity contribution is 6.30. The molecule has 1 rings (SSSR count). The molecule has 1 aromatic rings. The molecule has 0 spiro atoms. The Hall–Kier alpha value is -1.75. The van der Waals surface area contributed by atoms with Crippen LogP contribution in [0.15, 0.2) is 29.4 Å². The molecule has 16 heavy (non-hydrogen) atoms. The molecule has 0 saturated heterocycles. The first-order valence-electron chi connectivity index (χ1n) is 4.46. The Morgan fingerprint density at radius 2 is 2.06 bits per heavy atom. The summed E-state index contributed by atoms with van der Waals surface area (Å²) in [7, 11) is 0. The van der Waals surface area contributed by atoms with Gasteiger partial charge in [0.05, 0.1) is 0 Å². The van der Waals surface area contributed by atoms with Crippen LogP contribution < -0.4 is 10.5 Å². The Labute approximate surface area is 97.8 Å². The lowest BCUT2D eigenvalue weighted by atomic mass is 10.3. The van der Waals surface area contributed by atoms with Crippen molar-refractivity contribution in [3.8, 4) is 5.75 Å². The van der Waals surface area contributed by atoms with Crippen molar-refractivity contribution in [3.05, 3.63) is 29.3 Å². The number of nitrogens with zero attached hydrogens (tertiary/aromatic N) is 1. The van der Waals surface area contributed by atoms with E-state index in [0.717, 1.165) is 0 Å². The van der Waals surface area contributed by atoms with Crippen molar-refractivity contribution in [2.75, 3.05) is 6.61 Å². The van der Waals surface area contributed by atoms with Gasteiger partial charge in [-0.1, -0.05) is 16.8 Å². The molecule has 0 bridgehead atoms. The molecule has 0 fully saturated rings. The minimum atomic E-state index is -0.533. The summed E-state index contributed by atoms with van der Waals surface area (Å²) < 4.78 is 5.25. The number of rotatable bonds is 4. The van der Waals surface area contributed by atoms with E-state index < -0.39 is 5.97 Å². The van der Waals surface area contributed by atoms with E-state index in [9.17, 15) is 4.79 Å². The summed E-state index contributed by atoms with van der Waals surface area (Å²) in [6.45, 7) is 1.27. The third kappa shape index (κ3) is 4.65. The van der Waals surface area contributed by atoms with Crippen LogP contribution in [0.1, 0.15) is 6.92 Å². The number of hydrogen-bond acceptors (Lipinski definition) is 4. The van der Waals surface area contributed by atoms with E-state index in [0.29, 0.717) is 10.8 Å². The molecule has 2 N–H and O–H groups in total. The quantitative estimate of drug-likeness (QED) is 0.376. The summed E-state index contributed by atoms with van der Waals surface area (Å²) in [4.78, 5) is 14.8.